The molecule has 118 valence electrons. The summed E-state index contributed by atoms with van der Waals surface area (Å²) in [6, 6.07) is 4.01. The van der Waals surface area contributed by atoms with Gasteiger partial charge in [0, 0.05) is 25.8 Å². The number of rotatable bonds is 4. The molecule has 2 aromatic heterocycles. The van der Waals surface area contributed by atoms with E-state index in [9.17, 15) is 0 Å². The zero-order valence-corrected chi connectivity index (χ0v) is 13.4. The molecule has 1 aliphatic rings. The molecule has 2 N–H and O–H groups in total. The van der Waals surface area contributed by atoms with Crippen molar-refractivity contribution in [1.29, 1.82) is 0 Å². The Bertz CT molecular complexity index is 635. The highest BCUT2D eigenvalue weighted by Gasteiger charge is 2.21. The van der Waals surface area contributed by atoms with Gasteiger partial charge in [-0.05, 0) is 56.8 Å². The van der Waals surface area contributed by atoms with Crippen LogP contribution in [0.5, 0.6) is 0 Å². The Labute approximate surface area is 131 Å². The van der Waals surface area contributed by atoms with E-state index in [0.717, 1.165) is 37.8 Å². The van der Waals surface area contributed by atoms with Crippen LogP contribution in [0.2, 0.25) is 0 Å². The molecule has 0 bridgehead atoms. The van der Waals surface area contributed by atoms with Crippen molar-refractivity contribution in [1.82, 2.24) is 24.6 Å². The lowest BCUT2D eigenvalue weighted by Crippen LogP contribution is -2.36. The van der Waals surface area contributed by atoms with Crippen LogP contribution < -0.4 is 5.73 Å². The molecule has 22 heavy (non-hydrogen) atoms. The number of hydrogen-bond donors (Lipinski definition) is 1. The first-order chi connectivity index (χ1) is 10.6. The third-order valence-corrected chi connectivity index (χ3v) is 4.25. The van der Waals surface area contributed by atoms with Gasteiger partial charge in [-0.1, -0.05) is 0 Å². The molecule has 0 saturated carbocycles. The first-order valence-electron chi connectivity index (χ1n) is 7.91. The number of aromatic nitrogens is 4. The van der Waals surface area contributed by atoms with Gasteiger partial charge in [-0.3, -0.25) is 4.90 Å². The maximum atomic E-state index is 5.76. The summed E-state index contributed by atoms with van der Waals surface area (Å²) in [6.45, 7) is 8.12. The second-order valence-corrected chi connectivity index (χ2v) is 6.22. The van der Waals surface area contributed by atoms with Crippen molar-refractivity contribution in [3.05, 3.63) is 35.5 Å². The number of piperidine rings is 1. The van der Waals surface area contributed by atoms with E-state index in [-0.39, 0.29) is 0 Å². The first-order valence-corrected chi connectivity index (χ1v) is 7.91. The van der Waals surface area contributed by atoms with Crippen molar-refractivity contribution in [3.8, 4) is 0 Å². The maximum absolute atomic E-state index is 5.76. The minimum atomic E-state index is 0.597. The van der Waals surface area contributed by atoms with Crippen LogP contribution in [-0.2, 0) is 13.1 Å². The molecular formula is C16H24N6. The van der Waals surface area contributed by atoms with Gasteiger partial charge in [0.2, 0.25) is 0 Å². The summed E-state index contributed by atoms with van der Waals surface area (Å²) in [5.74, 6) is 3.10. The van der Waals surface area contributed by atoms with Crippen LogP contribution in [-0.4, -0.2) is 37.7 Å². The maximum Gasteiger partial charge on any atom is 0.147 e. The lowest BCUT2D eigenvalue weighted by Gasteiger charge is -2.32. The summed E-state index contributed by atoms with van der Waals surface area (Å²) in [7, 11) is 0. The first kappa shape index (κ1) is 15.0. The van der Waals surface area contributed by atoms with Gasteiger partial charge >= 0.3 is 0 Å². The van der Waals surface area contributed by atoms with Crippen LogP contribution in [0.3, 0.4) is 0 Å². The SMILES string of the molecule is Cc1nc(C)n(C[C@H]2CCCN(Cc3ccnc(N)c3)C2)n1. The molecule has 0 amide bonds. The molecule has 2 aromatic rings. The van der Waals surface area contributed by atoms with E-state index in [2.05, 4.69) is 20.0 Å². The Balaban J connectivity index is 1.60. The predicted molar refractivity (Wildman–Crippen MR) is 86.1 cm³/mol. The zero-order valence-electron chi connectivity index (χ0n) is 13.4. The van der Waals surface area contributed by atoms with Crippen LogP contribution in [0, 0.1) is 19.8 Å². The van der Waals surface area contributed by atoms with Crippen molar-refractivity contribution in [3.63, 3.8) is 0 Å². The van der Waals surface area contributed by atoms with E-state index < -0.39 is 0 Å². The lowest BCUT2D eigenvalue weighted by molar-refractivity contribution is 0.152. The molecule has 1 atom stereocenters. The number of nitrogen functional groups attached to an aromatic ring is 1. The quantitative estimate of drug-likeness (QED) is 0.932. The van der Waals surface area contributed by atoms with Crippen LogP contribution in [0.4, 0.5) is 5.82 Å². The van der Waals surface area contributed by atoms with Gasteiger partial charge in [0.15, 0.2) is 0 Å². The van der Waals surface area contributed by atoms with Crippen LogP contribution >= 0.6 is 0 Å². The summed E-state index contributed by atoms with van der Waals surface area (Å²) in [5.41, 5.74) is 7.00. The molecular weight excluding hydrogens is 276 g/mol. The minimum absolute atomic E-state index is 0.597. The molecule has 0 unspecified atom stereocenters. The standard InChI is InChI=1S/C16H24N6/c1-12-19-13(2)22(20-12)11-15-4-3-7-21(10-15)9-14-5-6-18-16(17)8-14/h5-6,8,15H,3-4,7,9-11H2,1-2H3,(H2,17,18)/t15-/m0/s1. The molecule has 1 aliphatic heterocycles. The van der Waals surface area contributed by atoms with Crippen LogP contribution in [0.1, 0.15) is 30.1 Å². The topological polar surface area (TPSA) is 72.9 Å². The van der Waals surface area contributed by atoms with Gasteiger partial charge in [-0.15, -0.1) is 0 Å². The summed E-state index contributed by atoms with van der Waals surface area (Å²) < 4.78 is 2.05. The molecule has 6 heteroatoms. The fourth-order valence-corrected chi connectivity index (χ4v) is 3.27. The molecule has 1 fully saturated rings. The summed E-state index contributed by atoms with van der Waals surface area (Å²) in [5, 5.41) is 4.49. The van der Waals surface area contributed by atoms with Gasteiger partial charge in [-0.25, -0.2) is 14.6 Å². The summed E-state index contributed by atoms with van der Waals surface area (Å²) in [4.78, 5) is 10.9. The van der Waals surface area contributed by atoms with E-state index in [1.54, 1.807) is 6.20 Å². The normalized spacial score (nSPS) is 19.5. The van der Waals surface area contributed by atoms with Gasteiger partial charge < -0.3 is 5.73 Å². The number of nitrogens with two attached hydrogens (primary N) is 1. The van der Waals surface area contributed by atoms with Crippen molar-refractivity contribution >= 4 is 5.82 Å². The number of likely N-dealkylation sites (tertiary alicyclic amines) is 1. The van der Waals surface area contributed by atoms with Crippen LogP contribution in [0.15, 0.2) is 18.3 Å². The Morgan fingerprint density at radius 2 is 2.23 bits per heavy atom. The Kier molecular flexibility index (Phi) is 4.38. The van der Waals surface area contributed by atoms with E-state index in [1.165, 1.54) is 18.4 Å². The zero-order chi connectivity index (χ0) is 15.5. The average Bonchev–Trinajstić information content (AvgIpc) is 2.77. The van der Waals surface area contributed by atoms with Gasteiger partial charge in [0.05, 0.1) is 0 Å². The van der Waals surface area contributed by atoms with E-state index in [4.69, 9.17) is 5.73 Å². The minimum Gasteiger partial charge on any atom is -0.384 e. The Morgan fingerprint density at radius 3 is 2.95 bits per heavy atom. The third-order valence-electron chi connectivity index (χ3n) is 4.25. The van der Waals surface area contributed by atoms with Crippen LogP contribution in [0.25, 0.3) is 0 Å². The Hall–Kier alpha value is -1.95. The molecule has 6 nitrogen and oxygen atoms in total. The average molecular weight is 300 g/mol. The van der Waals surface area contributed by atoms with Crippen molar-refractivity contribution in [2.75, 3.05) is 18.8 Å². The molecule has 1 saturated heterocycles. The number of pyridine rings is 1. The number of anilines is 1. The van der Waals surface area contributed by atoms with E-state index in [0.29, 0.717) is 11.7 Å². The number of nitrogens with zero attached hydrogens (tertiary/aromatic N) is 5. The highest BCUT2D eigenvalue weighted by atomic mass is 15.3. The fraction of sp³-hybridized carbons (Fsp3) is 0.562. The summed E-state index contributed by atoms with van der Waals surface area (Å²) >= 11 is 0. The highest BCUT2D eigenvalue weighted by Crippen LogP contribution is 2.20. The molecule has 3 heterocycles. The predicted octanol–water partition coefficient (Wildman–Crippen LogP) is 1.78. The Morgan fingerprint density at radius 1 is 1.36 bits per heavy atom. The van der Waals surface area contributed by atoms with Gasteiger partial charge in [-0.2, -0.15) is 5.10 Å². The highest BCUT2D eigenvalue weighted by molar-refractivity contribution is 5.31. The second-order valence-electron chi connectivity index (χ2n) is 6.22. The van der Waals surface area contributed by atoms with Crippen molar-refractivity contribution < 1.29 is 0 Å². The monoisotopic (exact) mass is 300 g/mol. The molecule has 0 aromatic carbocycles. The van der Waals surface area contributed by atoms with Crippen molar-refractivity contribution in [2.45, 2.75) is 39.8 Å². The number of aryl methyl sites for hydroxylation is 2. The fourth-order valence-electron chi connectivity index (χ4n) is 3.27. The second kappa shape index (κ2) is 6.44. The van der Waals surface area contributed by atoms with Gasteiger partial charge in [0.1, 0.15) is 17.5 Å². The molecule has 0 radical (unpaired) electrons. The number of hydrogen-bond acceptors (Lipinski definition) is 5. The largest absolute Gasteiger partial charge is 0.384 e. The van der Waals surface area contributed by atoms with E-state index in [1.807, 2.05) is 30.7 Å². The lowest BCUT2D eigenvalue weighted by atomic mass is 9.97. The molecule has 3 rings (SSSR count). The van der Waals surface area contributed by atoms with E-state index >= 15 is 0 Å². The summed E-state index contributed by atoms with van der Waals surface area (Å²) in [6.07, 6.45) is 4.28. The van der Waals surface area contributed by atoms with Crippen molar-refractivity contribution in [2.24, 2.45) is 5.92 Å². The molecule has 0 aliphatic carbocycles. The third kappa shape index (κ3) is 3.62. The molecule has 0 spiro atoms. The smallest absolute Gasteiger partial charge is 0.147 e. The van der Waals surface area contributed by atoms with Gasteiger partial charge in [0.25, 0.3) is 0 Å².